The van der Waals surface area contributed by atoms with Crippen molar-refractivity contribution in [2.24, 2.45) is 0 Å². The van der Waals surface area contributed by atoms with E-state index in [2.05, 4.69) is 9.72 Å². The zero-order valence-electron chi connectivity index (χ0n) is 8.98. The van der Waals surface area contributed by atoms with Gasteiger partial charge in [-0.15, -0.1) is 13.2 Å². The van der Waals surface area contributed by atoms with E-state index < -0.39 is 29.1 Å². The summed E-state index contributed by atoms with van der Waals surface area (Å²) >= 11 is 0. The maximum absolute atomic E-state index is 12.1. The van der Waals surface area contributed by atoms with Crippen molar-refractivity contribution in [2.75, 3.05) is 0 Å². The van der Waals surface area contributed by atoms with Gasteiger partial charge in [0.25, 0.3) is 0 Å². The van der Waals surface area contributed by atoms with Gasteiger partial charge in [0.1, 0.15) is 0 Å². The first-order valence-corrected chi connectivity index (χ1v) is 4.52. The normalized spacial score (nSPS) is 10.8. The first kappa shape index (κ1) is 13.7. The lowest BCUT2D eigenvalue weighted by Gasteiger charge is -2.12. The second-order valence-electron chi connectivity index (χ2n) is 3.19. The highest BCUT2D eigenvalue weighted by molar-refractivity contribution is 5.54. The average molecular weight is 261 g/mol. The minimum atomic E-state index is -5.07. The van der Waals surface area contributed by atoms with E-state index in [0.29, 0.717) is 0 Å². The minimum absolute atomic E-state index is 0.229. The largest absolute Gasteiger partial charge is 0.573 e. The van der Waals surface area contributed by atoms with Crippen LogP contribution in [0.3, 0.4) is 0 Å². The van der Waals surface area contributed by atoms with E-state index in [4.69, 9.17) is 5.26 Å². The Hall–Kier alpha value is -2.37. The third-order valence-corrected chi connectivity index (χ3v) is 1.93. The number of ether oxygens (including phenoxy) is 1. The van der Waals surface area contributed by atoms with Gasteiger partial charge in [-0.05, 0) is 6.92 Å². The Kier molecular flexibility index (Phi) is 3.70. The van der Waals surface area contributed by atoms with Crippen molar-refractivity contribution in [1.29, 1.82) is 5.26 Å². The van der Waals surface area contributed by atoms with Crippen molar-refractivity contribution in [1.82, 2.24) is 4.98 Å². The van der Waals surface area contributed by atoms with Crippen molar-refractivity contribution in [3.63, 3.8) is 0 Å². The molecule has 0 saturated heterocycles. The molecule has 0 aliphatic rings. The predicted octanol–water partition coefficient (Wildman–Crippen LogP) is 2.26. The van der Waals surface area contributed by atoms with Crippen molar-refractivity contribution < 1.29 is 22.8 Å². The lowest BCUT2D eigenvalue weighted by atomic mass is 10.1. The van der Waals surface area contributed by atoms with Crippen molar-refractivity contribution in [3.05, 3.63) is 27.6 Å². The Morgan fingerprint density at radius 2 is 2.22 bits per heavy atom. The molecule has 6 nitrogen and oxygen atoms in total. The summed E-state index contributed by atoms with van der Waals surface area (Å²) < 4.78 is 40.0. The van der Waals surface area contributed by atoms with E-state index in [9.17, 15) is 23.3 Å². The molecule has 0 bridgehead atoms. The number of pyridine rings is 1. The molecule has 0 radical (unpaired) electrons. The Labute approximate surface area is 98.8 Å². The molecule has 0 saturated carbocycles. The zero-order valence-corrected chi connectivity index (χ0v) is 8.98. The summed E-state index contributed by atoms with van der Waals surface area (Å²) in [5, 5.41) is 19.2. The van der Waals surface area contributed by atoms with Crippen LogP contribution in [0.5, 0.6) is 5.75 Å². The molecule has 1 rings (SSSR count). The number of alkyl halides is 3. The van der Waals surface area contributed by atoms with Crippen molar-refractivity contribution >= 4 is 5.69 Å². The number of aryl methyl sites for hydroxylation is 1. The van der Waals surface area contributed by atoms with Crippen molar-refractivity contribution in [2.45, 2.75) is 19.7 Å². The van der Waals surface area contributed by atoms with E-state index in [1.165, 1.54) is 0 Å². The van der Waals surface area contributed by atoms with E-state index in [1.807, 2.05) is 0 Å². The first-order chi connectivity index (χ1) is 8.26. The van der Waals surface area contributed by atoms with Crippen LogP contribution >= 0.6 is 0 Å². The Morgan fingerprint density at radius 3 is 2.67 bits per heavy atom. The molecule has 0 spiro atoms. The smallest absolute Gasteiger partial charge is 0.396 e. The first-order valence-electron chi connectivity index (χ1n) is 4.52. The summed E-state index contributed by atoms with van der Waals surface area (Å²) in [5.74, 6) is -0.986. The van der Waals surface area contributed by atoms with Crippen LogP contribution in [-0.4, -0.2) is 16.3 Å². The second kappa shape index (κ2) is 4.87. The molecule has 0 fully saturated rings. The van der Waals surface area contributed by atoms with Gasteiger partial charge in [0, 0.05) is 6.20 Å². The molecule has 1 heterocycles. The zero-order chi connectivity index (χ0) is 13.9. The van der Waals surface area contributed by atoms with Crippen LogP contribution in [0.4, 0.5) is 18.9 Å². The summed E-state index contributed by atoms with van der Waals surface area (Å²) in [6, 6.07) is 1.61. The molecule has 0 unspecified atom stereocenters. The van der Waals surface area contributed by atoms with E-state index in [0.717, 1.165) is 13.1 Å². The van der Waals surface area contributed by atoms with E-state index in [-0.39, 0.29) is 11.3 Å². The quantitative estimate of drug-likeness (QED) is 0.615. The number of nitrogens with zero attached hydrogens (tertiary/aromatic N) is 3. The molecule has 0 aliphatic heterocycles. The monoisotopic (exact) mass is 261 g/mol. The van der Waals surface area contributed by atoms with Gasteiger partial charge in [0.05, 0.1) is 28.7 Å². The van der Waals surface area contributed by atoms with Crippen LogP contribution in [0.15, 0.2) is 6.20 Å². The molecule has 0 aliphatic carbocycles. The Balaban J connectivity index is 3.42. The van der Waals surface area contributed by atoms with Gasteiger partial charge < -0.3 is 4.74 Å². The van der Waals surface area contributed by atoms with Crippen LogP contribution in [-0.2, 0) is 6.42 Å². The molecule has 0 N–H and O–H groups in total. The van der Waals surface area contributed by atoms with Crippen LogP contribution < -0.4 is 4.74 Å². The fraction of sp³-hybridized carbons (Fsp3) is 0.333. The van der Waals surface area contributed by atoms with Crippen LogP contribution in [0, 0.1) is 28.4 Å². The molecule has 9 heteroatoms. The number of nitriles is 1. The molecule has 0 amide bonds. The summed E-state index contributed by atoms with van der Waals surface area (Å²) in [4.78, 5) is 13.3. The molecular formula is C9H6F3N3O3. The number of aromatic nitrogens is 1. The Morgan fingerprint density at radius 1 is 1.61 bits per heavy atom. The topological polar surface area (TPSA) is 89.0 Å². The fourth-order valence-corrected chi connectivity index (χ4v) is 1.26. The van der Waals surface area contributed by atoms with Crippen LogP contribution in [0.1, 0.15) is 11.3 Å². The van der Waals surface area contributed by atoms with Crippen LogP contribution in [0.2, 0.25) is 0 Å². The summed E-state index contributed by atoms with van der Waals surface area (Å²) in [7, 11) is 0. The lowest BCUT2D eigenvalue weighted by molar-refractivity contribution is -0.389. The predicted molar refractivity (Wildman–Crippen MR) is 51.6 cm³/mol. The number of rotatable bonds is 3. The molecule has 0 aromatic carbocycles. The number of hydrogen-bond acceptors (Lipinski definition) is 5. The van der Waals surface area contributed by atoms with Crippen LogP contribution in [0.25, 0.3) is 0 Å². The summed E-state index contributed by atoms with van der Waals surface area (Å²) in [5.41, 5.74) is -1.39. The highest BCUT2D eigenvalue weighted by Crippen LogP contribution is 2.36. The van der Waals surface area contributed by atoms with Gasteiger partial charge >= 0.3 is 12.0 Å². The van der Waals surface area contributed by atoms with Gasteiger partial charge in [0.15, 0.2) is 0 Å². The van der Waals surface area contributed by atoms with E-state index in [1.54, 1.807) is 6.07 Å². The van der Waals surface area contributed by atoms with Gasteiger partial charge in [-0.3, -0.25) is 15.1 Å². The second-order valence-corrected chi connectivity index (χ2v) is 3.19. The molecule has 1 aromatic rings. The van der Waals surface area contributed by atoms with Gasteiger partial charge in [-0.25, -0.2) is 0 Å². The minimum Gasteiger partial charge on any atom is -0.396 e. The standard InChI is InChI=1S/C9H6F3N3O3/c1-5-8(18-9(10,11)12)7(15(16)17)6(2-3-13)4-14-5/h4H,2H2,1H3. The third kappa shape index (κ3) is 3.07. The number of halogens is 3. The molecule has 1 aromatic heterocycles. The maximum atomic E-state index is 12.1. The Bertz CT molecular complexity index is 522. The summed E-state index contributed by atoms with van der Waals surface area (Å²) in [6.45, 7) is 1.14. The van der Waals surface area contributed by atoms with E-state index >= 15 is 0 Å². The van der Waals surface area contributed by atoms with Gasteiger partial charge in [0.2, 0.25) is 5.75 Å². The number of nitro groups is 1. The lowest BCUT2D eigenvalue weighted by Crippen LogP contribution is -2.19. The highest BCUT2D eigenvalue weighted by atomic mass is 19.4. The fourth-order valence-electron chi connectivity index (χ4n) is 1.26. The average Bonchev–Trinajstić information content (AvgIpc) is 2.21. The highest BCUT2D eigenvalue weighted by Gasteiger charge is 2.37. The van der Waals surface area contributed by atoms with Gasteiger partial charge in [-0.2, -0.15) is 5.26 Å². The summed E-state index contributed by atoms with van der Waals surface area (Å²) in [6.07, 6.45) is -4.51. The molecular weight excluding hydrogens is 255 g/mol. The van der Waals surface area contributed by atoms with Gasteiger partial charge in [-0.1, -0.05) is 0 Å². The SMILES string of the molecule is Cc1ncc(CC#N)c([N+](=O)[O-])c1OC(F)(F)F. The third-order valence-electron chi connectivity index (χ3n) is 1.93. The molecule has 0 atom stereocenters. The number of hydrogen-bond donors (Lipinski definition) is 0. The van der Waals surface area contributed by atoms with Crippen molar-refractivity contribution in [3.8, 4) is 11.8 Å². The maximum Gasteiger partial charge on any atom is 0.573 e. The molecule has 18 heavy (non-hydrogen) atoms. The molecule has 96 valence electrons.